The Morgan fingerprint density at radius 1 is 1.42 bits per heavy atom. The lowest BCUT2D eigenvalue weighted by Gasteiger charge is -2.10. The summed E-state index contributed by atoms with van der Waals surface area (Å²) in [7, 11) is 0. The molecule has 3 nitrogen and oxygen atoms in total. The van der Waals surface area contributed by atoms with Crippen molar-refractivity contribution in [1.82, 2.24) is 4.98 Å². The van der Waals surface area contributed by atoms with Crippen molar-refractivity contribution < 1.29 is 9.53 Å². The number of hydrogen-bond acceptors (Lipinski definition) is 3. The van der Waals surface area contributed by atoms with Crippen LogP contribution in [0.4, 0.5) is 0 Å². The van der Waals surface area contributed by atoms with Crippen LogP contribution in [-0.2, 0) is 4.74 Å². The highest BCUT2D eigenvalue weighted by molar-refractivity contribution is 9.10. The van der Waals surface area contributed by atoms with Crippen LogP contribution in [0, 0.1) is 6.92 Å². The zero-order valence-electron chi connectivity index (χ0n) is 10.3. The average molecular weight is 363 g/mol. The molecule has 0 unspecified atom stereocenters. The molecule has 0 N–H and O–H groups in total. The summed E-state index contributed by atoms with van der Waals surface area (Å²) in [6.45, 7) is 3.87. The highest BCUT2D eigenvalue weighted by Crippen LogP contribution is 2.37. The second-order valence-electron chi connectivity index (χ2n) is 3.92. The van der Waals surface area contributed by atoms with E-state index < -0.39 is 5.97 Å². The molecule has 1 aromatic carbocycles. The van der Waals surface area contributed by atoms with Crippen molar-refractivity contribution in [2.75, 3.05) is 6.61 Å². The number of carbonyl (C=O) groups excluding carboxylic acids is 1. The number of carbonyl (C=O) groups is 1. The zero-order chi connectivity index (χ0) is 14.2. The van der Waals surface area contributed by atoms with Crippen molar-refractivity contribution in [3.05, 3.63) is 37.9 Å². The number of benzene rings is 1. The molecule has 2 aromatic rings. The van der Waals surface area contributed by atoms with E-state index in [4.69, 9.17) is 27.9 Å². The van der Waals surface area contributed by atoms with E-state index >= 15 is 0 Å². The molecule has 0 saturated carbocycles. The van der Waals surface area contributed by atoms with E-state index in [9.17, 15) is 4.79 Å². The fourth-order valence-corrected chi connectivity index (χ4v) is 2.98. The fraction of sp³-hybridized carbons (Fsp3) is 0.231. The molecular formula is C13H10BrCl2NO2. The molecule has 0 fully saturated rings. The van der Waals surface area contributed by atoms with Crippen LogP contribution in [0.5, 0.6) is 0 Å². The first-order valence-electron chi connectivity index (χ1n) is 5.57. The molecule has 0 saturated heterocycles. The molecule has 0 aliphatic carbocycles. The Balaban J connectivity index is 2.77. The van der Waals surface area contributed by atoms with Gasteiger partial charge in [-0.3, -0.25) is 4.98 Å². The van der Waals surface area contributed by atoms with Crippen LogP contribution in [0.25, 0.3) is 10.9 Å². The van der Waals surface area contributed by atoms with Gasteiger partial charge in [-0.05, 0) is 41.4 Å². The summed E-state index contributed by atoms with van der Waals surface area (Å²) in [6.07, 6.45) is 1.40. The van der Waals surface area contributed by atoms with Crippen molar-refractivity contribution >= 4 is 56.0 Å². The standard InChI is InChI=1S/C13H10BrCl2NO2/c1-3-19-13(18)7-5-17-12-8(14)4-6(2)10(15)9(12)11(7)16/h4-5H,3H2,1-2H3. The van der Waals surface area contributed by atoms with Gasteiger partial charge in [0.1, 0.15) is 0 Å². The van der Waals surface area contributed by atoms with E-state index in [1.807, 2.05) is 13.0 Å². The lowest BCUT2D eigenvalue weighted by Crippen LogP contribution is -2.06. The second-order valence-corrected chi connectivity index (χ2v) is 5.53. The molecule has 1 aromatic heterocycles. The maximum atomic E-state index is 11.8. The maximum Gasteiger partial charge on any atom is 0.341 e. The number of esters is 1. The number of ether oxygens (including phenoxy) is 1. The van der Waals surface area contributed by atoms with Crippen molar-refractivity contribution in [2.24, 2.45) is 0 Å². The summed E-state index contributed by atoms with van der Waals surface area (Å²) < 4.78 is 5.72. The van der Waals surface area contributed by atoms with Gasteiger partial charge in [0.05, 0.1) is 27.7 Å². The van der Waals surface area contributed by atoms with Gasteiger partial charge in [-0.15, -0.1) is 0 Å². The molecule has 1 heterocycles. The summed E-state index contributed by atoms with van der Waals surface area (Å²) in [4.78, 5) is 16.0. The third kappa shape index (κ3) is 2.57. The molecule has 0 aliphatic rings. The number of rotatable bonds is 2. The molecule has 6 heteroatoms. The molecule has 0 atom stereocenters. The Morgan fingerprint density at radius 3 is 2.74 bits per heavy atom. The Labute approximate surface area is 129 Å². The lowest BCUT2D eigenvalue weighted by atomic mass is 10.1. The van der Waals surface area contributed by atoms with E-state index in [-0.39, 0.29) is 17.2 Å². The van der Waals surface area contributed by atoms with Crippen molar-refractivity contribution in [3.8, 4) is 0 Å². The Bertz CT molecular complexity index is 673. The number of fused-ring (bicyclic) bond motifs is 1. The van der Waals surface area contributed by atoms with E-state index in [0.29, 0.717) is 15.9 Å². The van der Waals surface area contributed by atoms with Crippen molar-refractivity contribution in [2.45, 2.75) is 13.8 Å². The number of aromatic nitrogens is 1. The number of aryl methyl sites for hydroxylation is 1. The van der Waals surface area contributed by atoms with Crippen LogP contribution < -0.4 is 0 Å². The second kappa shape index (κ2) is 5.65. The molecule has 100 valence electrons. The molecule has 0 spiro atoms. The molecule has 19 heavy (non-hydrogen) atoms. The fourth-order valence-electron chi connectivity index (χ4n) is 1.74. The molecule has 2 rings (SSSR count). The highest BCUT2D eigenvalue weighted by Gasteiger charge is 2.19. The van der Waals surface area contributed by atoms with E-state index in [2.05, 4.69) is 20.9 Å². The van der Waals surface area contributed by atoms with Crippen molar-refractivity contribution in [3.63, 3.8) is 0 Å². The highest BCUT2D eigenvalue weighted by atomic mass is 79.9. The Hall–Kier alpha value is -0.840. The first-order chi connectivity index (χ1) is 8.97. The van der Waals surface area contributed by atoms with Gasteiger partial charge >= 0.3 is 5.97 Å². The van der Waals surface area contributed by atoms with Crippen LogP contribution in [0.1, 0.15) is 22.8 Å². The van der Waals surface area contributed by atoms with Crippen molar-refractivity contribution in [1.29, 1.82) is 0 Å². The summed E-state index contributed by atoms with van der Waals surface area (Å²) in [6, 6.07) is 1.86. The van der Waals surface area contributed by atoms with Crippen LogP contribution >= 0.6 is 39.1 Å². The van der Waals surface area contributed by atoms with E-state index in [1.54, 1.807) is 6.92 Å². The van der Waals surface area contributed by atoms with Gasteiger partial charge in [0.25, 0.3) is 0 Å². The topological polar surface area (TPSA) is 39.2 Å². The molecule has 0 amide bonds. The molecule has 0 bridgehead atoms. The van der Waals surface area contributed by atoms with E-state index in [1.165, 1.54) is 6.20 Å². The van der Waals surface area contributed by atoms with Gasteiger partial charge in [-0.1, -0.05) is 23.2 Å². The van der Waals surface area contributed by atoms with Crippen LogP contribution in [0.2, 0.25) is 10.0 Å². The normalized spacial score (nSPS) is 10.8. The van der Waals surface area contributed by atoms with Gasteiger partial charge in [0.2, 0.25) is 0 Å². The van der Waals surface area contributed by atoms with Crippen LogP contribution in [0.15, 0.2) is 16.7 Å². The molecular weight excluding hydrogens is 353 g/mol. The molecule has 0 aliphatic heterocycles. The predicted octanol–water partition coefficient (Wildman–Crippen LogP) is 4.79. The number of nitrogens with zero attached hydrogens (tertiary/aromatic N) is 1. The number of hydrogen-bond donors (Lipinski definition) is 0. The lowest BCUT2D eigenvalue weighted by molar-refractivity contribution is 0.0526. The van der Waals surface area contributed by atoms with E-state index in [0.717, 1.165) is 10.0 Å². The summed E-state index contributed by atoms with van der Waals surface area (Å²) in [5.41, 5.74) is 1.69. The first-order valence-corrected chi connectivity index (χ1v) is 7.12. The third-order valence-corrected chi connectivity index (χ3v) is 4.13. The third-order valence-electron chi connectivity index (χ3n) is 2.65. The summed E-state index contributed by atoms with van der Waals surface area (Å²) >= 11 is 15.9. The van der Waals surface area contributed by atoms with Gasteiger partial charge in [0, 0.05) is 16.1 Å². The average Bonchev–Trinajstić information content (AvgIpc) is 2.36. The maximum absolute atomic E-state index is 11.8. The zero-order valence-corrected chi connectivity index (χ0v) is 13.4. The van der Waals surface area contributed by atoms with Crippen LogP contribution in [0.3, 0.4) is 0 Å². The number of halogens is 3. The summed E-state index contributed by atoms with van der Waals surface area (Å²) in [5, 5.41) is 1.31. The number of pyridine rings is 1. The largest absolute Gasteiger partial charge is 0.462 e. The summed E-state index contributed by atoms with van der Waals surface area (Å²) in [5.74, 6) is -0.504. The monoisotopic (exact) mass is 361 g/mol. The quantitative estimate of drug-likeness (QED) is 0.721. The van der Waals surface area contributed by atoms with Gasteiger partial charge in [-0.2, -0.15) is 0 Å². The minimum atomic E-state index is -0.504. The smallest absolute Gasteiger partial charge is 0.341 e. The van der Waals surface area contributed by atoms with Crippen LogP contribution in [-0.4, -0.2) is 17.6 Å². The molecule has 0 radical (unpaired) electrons. The predicted molar refractivity (Wildman–Crippen MR) is 80.2 cm³/mol. The Kier molecular flexibility index (Phi) is 4.33. The minimum Gasteiger partial charge on any atom is -0.462 e. The first kappa shape index (κ1) is 14.6. The van der Waals surface area contributed by atoms with Gasteiger partial charge < -0.3 is 4.74 Å². The van der Waals surface area contributed by atoms with Gasteiger partial charge in [-0.25, -0.2) is 4.79 Å². The SMILES string of the molecule is CCOC(=O)c1cnc2c(Br)cc(C)c(Cl)c2c1Cl. The van der Waals surface area contributed by atoms with Gasteiger partial charge in [0.15, 0.2) is 0 Å². The minimum absolute atomic E-state index is 0.218. The Morgan fingerprint density at radius 2 is 2.11 bits per heavy atom.